The van der Waals surface area contributed by atoms with Gasteiger partial charge in [-0.2, -0.15) is 0 Å². The van der Waals surface area contributed by atoms with Gasteiger partial charge in [0.2, 0.25) is 0 Å². The van der Waals surface area contributed by atoms with Crippen molar-refractivity contribution in [1.29, 1.82) is 0 Å². The molecule has 0 bridgehead atoms. The first-order chi connectivity index (χ1) is 12.2. The van der Waals surface area contributed by atoms with Gasteiger partial charge in [-0.1, -0.05) is 34.1 Å². The fourth-order valence-corrected chi connectivity index (χ4v) is 3.07. The maximum absolute atomic E-state index is 12.1. The molecule has 0 spiro atoms. The molecular formula is C20H15BrN2O2. The molecule has 4 nitrogen and oxygen atoms in total. The summed E-state index contributed by atoms with van der Waals surface area (Å²) < 4.78 is 6.47. The molecule has 0 saturated heterocycles. The minimum Gasteiger partial charge on any atom is -0.484 e. The second-order valence-electron chi connectivity index (χ2n) is 5.72. The third-order valence-corrected chi connectivity index (χ3v) is 4.50. The number of nitrogens with one attached hydrogen (secondary N) is 2. The lowest BCUT2D eigenvalue weighted by Crippen LogP contribution is -2.20. The monoisotopic (exact) mass is 394 g/mol. The highest BCUT2D eigenvalue weighted by Gasteiger charge is 2.07. The second kappa shape index (κ2) is 6.61. The second-order valence-corrected chi connectivity index (χ2v) is 6.64. The van der Waals surface area contributed by atoms with Crippen molar-refractivity contribution in [2.24, 2.45) is 0 Å². The number of hydrogen-bond acceptors (Lipinski definition) is 2. The van der Waals surface area contributed by atoms with Gasteiger partial charge in [0, 0.05) is 32.0 Å². The predicted octanol–water partition coefficient (Wildman–Crippen LogP) is 5.10. The first-order valence-electron chi connectivity index (χ1n) is 7.88. The molecule has 4 rings (SSSR count). The topological polar surface area (TPSA) is 54.1 Å². The Balaban J connectivity index is 1.49. The largest absolute Gasteiger partial charge is 0.484 e. The molecule has 1 amide bonds. The van der Waals surface area contributed by atoms with E-state index in [0.29, 0.717) is 5.75 Å². The number of fused-ring (bicyclic) bond motifs is 3. The normalized spacial score (nSPS) is 10.9. The van der Waals surface area contributed by atoms with Crippen LogP contribution in [0.5, 0.6) is 5.75 Å². The smallest absolute Gasteiger partial charge is 0.262 e. The van der Waals surface area contributed by atoms with E-state index in [9.17, 15) is 4.79 Å². The van der Waals surface area contributed by atoms with Gasteiger partial charge in [-0.25, -0.2) is 0 Å². The predicted molar refractivity (Wildman–Crippen MR) is 104 cm³/mol. The quantitative estimate of drug-likeness (QED) is 0.505. The molecule has 0 aliphatic heterocycles. The molecular weight excluding hydrogens is 380 g/mol. The standard InChI is InChI=1S/C20H15BrN2O2/c21-13-5-8-15(9-6-13)25-12-20(24)22-14-7-10-19-17(11-14)16-3-1-2-4-18(16)23-19/h1-11,23H,12H2,(H,22,24). The first-order valence-corrected chi connectivity index (χ1v) is 8.67. The highest BCUT2D eigenvalue weighted by atomic mass is 79.9. The van der Waals surface area contributed by atoms with Crippen molar-refractivity contribution in [3.63, 3.8) is 0 Å². The number of hydrogen-bond donors (Lipinski definition) is 2. The molecule has 5 heteroatoms. The van der Waals surface area contributed by atoms with Crippen LogP contribution in [0.2, 0.25) is 0 Å². The molecule has 2 N–H and O–H groups in total. The van der Waals surface area contributed by atoms with E-state index in [-0.39, 0.29) is 12.5 Å². The Bertz CT molecular complexity index is 1050. The van der Waals surface area contributed by atoms with Crippen LogP contribution < -0.4 is 10.1 Å². The minimum absolute atomic E-state index is 0.0342. The number of carbonyl (C=O) groups excluding carboxylic acids is 1. The van der Waals surface area contributed by atoms with E-state index in [1.165, 1.54) is 0 Å². The van der Waals surface area contributed by atoms with Crippen molar-refractivity contribution >= 4 is 49.3 Å². The van der Waals surface area contributed by atoms with Gasteiger partial charge >= 0.3 is 0 Å². The molecule has 0 unspecified atom stereocenters. The third kappa shape index (κ3) is 3.37. The van der Waals surface area contributed by atoms with Crippen molar-refractivity contribution in [3.05, 3.63) is 71.2 Å². The number of H-pyrrole nitrogens is 1. The summed E-state index contributed by atoms with van der Waals surface area (Å²) in [4.78, 5) is 15.5. The molecule has 1 aromatic heterocycles. The fourth-order valence-electron chi connectivity index (χ4n) is 2.80. The fraction of sp³-hybridized carbons (Fsp3) is 0.0500. The number of amides is 1. The maximum Gasteiger partial charge on any atom is 0.262 e. The number of carbonyl (C=O) groups is 1. The Hall–Kier alpha value is -2.79. The summed E-state index contributed by atoms with van der Waals surface area (Å²) in [7, 11) is 0. The Morgan fingerprint density at radius 1 is 0.960 bits per heavy atom. The van der Waals surface area contributed by atoms with Crippen LogP contribution >= 0.6 is 15.9 Å². The molecule has 1 heterocycles. The third-order valence-electron chi connectivity index (χ3n) is 3.97. The van der Waals surface area contributed by atoms with E-state index in [1.54, 1.807) is 0 Å². The van der Waals surface area contributed by atoms with Crippen molar-refractivity contribution in [2.45, 2.75) is 0 Å². The number of benzene rings is 3. The van der Waals surface area contributed by atoms with E-state index < -0.39 is 0 Å². The van der Waals surface area contributed by atoms with Crippen LogP contribution in [0.25, 0.3) is 21.8 Å². The number of aromatic nitrogens is 1. The molecule has 0 saturated carbocycles. The zero-order valence-electron chi connectivity index (χ0n) is 13.3. The highest BCUT2D eigenvalue weighted by molar-refractivity contribution is 9.10. The van der Waals surface area contributed by atoms with Crippen LogP contribution in [-0.4, -0.2) is 17.5 Å². The van der Waals surface area contributed by atoms with Crippen LogP contribution in [0.15, 0.2) is 71.2 Å². The van der Waals surface area contributed by atoms with Crippen LogP contribution in [0.4, 0.5) is 5.69 Å². The average molecular weight is 395 g/mol. The van der Waals surface area contributed by atoms with E-state index in [1.807, 2.05) is 60.7 Å². The first kappa shape index (κ1) is 15.7. The zero-order valence-corrected chi connectivity index (χ0v) is 14.8. The molecule has 0 aliphatic rings. The van der Waals surface area contributed by atoms with Gasteiger partial charge in [-0.05, 0) is 48.5 Å². The maximum atomic E-state index is 12.1. The van der Waals surface area contributed by atoms with Gasteiger partial charge in [-0.15, -0.1) is 0 Å². The number of rotatable bonds is 4. The van der Waals surface area contributed by atoms with Gasteiger partial charge in [0.15, 0.2) is 6.61 Å². The lowest BCUT2D eigenvalue weighted by atomic mass is 10.1. The van der Waals surface area contributed by atoms with Crippen molar-refractivity contribution in [1.82, 2.24) is 4.98 Å². The molecule has 0 radical (unpaired) electrons. The Kier molecular flexibility index (Phi) is 4.15. The van der Waals surface area contributed by atoms with Gasteiger partial charge in [-0.3, -0.25) is 4.79 Å². The number of para-hydroxylation sites is 1. The summed E-state index contributed by atoms with van der Waals surface area (Å²) in [6, 6.07) is 21.3. The molecule has 0 aliphatic carbocycles. The Labute approximate surface area is 152 Å². The summed E-state index contributed by atoms with van der Waals surface area (Å²) in [5.74, 6) is 0.465. The summed E-state index contributed by atoms with van der Waals surface area (Å²) in [5, 5.41) is 5.11. The number of anilines is 1. The number of aromatic amines is 1. The van der Waals surface area contributed by atoms with E-state index in [2.05, 4.69) is 32.3 Å². The Morgan fingerprint density at radius 2 is 1.72 bits per heavy atom. The lowest BCUT2D eigenvalue weighted by molar-refractivity contribution is -0.118. The van der Waals surface area contributed by atoms with Crippen LogP contribution in [0.1, 0.15) is 0 Å². The summed E-state index contributed by atoms with van der Waals surface area (Å²) in [5.41, 5.74) is 2.88. The van der Waals surface area contributed by atoms with Gasteiger partial charge in [0.25, 0.3) is 5.91 Å². The number of halogens is 1. The van der Waals surface area contributed by atoms with Gasteiger partial charge in [0.1, 0.15) is 5.75 Å². The summed E-state index contributed by atoms with van der Waals surface area (Å²) in [6.45, 7) is -0.0342. The van der Waals surface area contributed by atoms with E-state index in [4.69, 9.17) is 4.74 Å². The SMILES string of the molecule is O=C(COc1ccc(Br)cc1)Nc1ccc2[nH]c3ccccc3c2c1. The minimum atomic E-state index is -0.192. The van der Waals surface area contributed by atoms with Crippen LogP contribution in [0, 0.1) is 0 Å². The molecule has 3 aromatic carbocycles. The van der Waals surface area contributed by atoms with Gasteiger partial charge in [0.05, 0.1) is 0 Å². The molecule has 25 heavy (non-hydrogen) atoms. The molecule has 124 valence electrons. The van der Waals surface area contributed by atoms with Crippen molar-refractivity contribution < 1.29 is 9.53 Å². The lowest BCUT2D eigenvalue weighted by Gasteiger charge is -2.08. The molecule has 4 aromatic rings. The zero-order chi connectivity index (χ0) is 17.2. The van der Waals surface area contributed by atoms with E-state index >= 15 is 0 Å². The van der Waals surface area contributed by atoms with Crippen LogP contribution in [0.3, 0.4) is 0 Å². The summed E-state index contributed by atoms with van der Waals surface area (Å²) >= 11 is 3.37. The Morgan fingerprint density at radius 3 is 2.56 bits per heavy atom. The van der Waals surface area contributed by atoms with Gasteiger partial charge < -0.3 is 15.0 Å². The number of ether oxygens (including phenoxy) is 1. The van der Waals surface area contributed by atoms with E-state index in [0.717, 1.165) is 32.0 Å². The van der Waals surface area contributed by atoms with Crippen molar-refractivity contribution in [3.8, 4) is 5.75 Å². The summed E-state index contributed by atoms with van der Waals surface area (Å²) in [6.07, 6.45) is 0. The van der Waals surface area contributed by atoms with Crippen LogP contribution in [-0.2, 0) is 4.79 Å². The highest BCUT2D eigenvalue weighted by Crippen LogP contribution is 2.27. The molecule has 0 atom stereocenters. The average Bonchev–Trinajstić information content (AvgIpc) is 2.99. The molecule has 0 fully saturated rings. The van der Waals surface area contributed by atoms with Crippen molar-refractivity contribution in [2.75, 3.05) is 11.9 Å².